The number of alkyl halides is 3. The Kier molecular flexibility index (Phi) is 7.89. The minimum Gasteiger partial charge on any atom is -0.457 e. The lowest BCUT2D eigenvalue weighted by molar-refractivity contribution is -0.141. The molecule has 0 aliphatic carbocycles. The molecule has 1 saturated heterocycles. The van der Waals surface area contributed by atoms with E-state index in [1.807, 2.05) is 18.2 Å². The van der Waals surface area contributed by atoms with E-state index in [4.69, 9.17) is 28.6 Å². The van der Waals surface area contributed by atoms with Crippen molar-refractivity contribution >= 4 is 64.3 Å². The smallest absolute Gasteiger partial charge is 0.435 e. The summed E-state index contributed by atoms with van der Waals surface area (Å²) in [6, 6.07) is 21.8. The zero-order valence-corrected chi connectivity index (χ0v) is 23.4. The molecular formula is C28H18ClF3N4O3S2. The van der Waals surface area contributed by atoms with Gasteiger partial charge in [-0.05, 0) is 79.0 Å². The molecule has 0 atom stereocenters. The number of hydrogen-bond donors (Lipinski definition) is 1. The van der Waals surface area contributed by atoms with Crippen LogP contribution in [0.2, 0.25) is 5.02 Å². The van der Waals surface area contributed by atoms with Crippen LogP contribution in [0.3, 0.4) is 0 Å². The highest BCUT2D eigenvalue weighted by molar-refractivity contribution is 7.99. The third kappa shape index (κ3) is 6.14. The Morgan fingerprint density at radius 2 is 1.61 bits per heavy atom. The second-order valence-electron chi connectivity index (χ2n) is 8.61. The number of thiocarbonyl (C=S) groups is 1. The van der Waals surface area contributed by atoms with Crippen LogP contribution >= 0.6 is 35.6 Å². The zero-order valence-electron chi connectivity index (χ0n) is 21.0. The van der Waals surface area contributed by atoms with Gasteiger partial charge in [0.25, 0.3) is 11.8 Å². The molecule has 4 aromatic rings. The monoisotopic (exact) mass is 614 g/mol. The van der Waals surface area contributed by atoms with Gasteiger partial charge in [-0.3, -0.25) is 24.5 Å². The topological polar surface area (TPSA) is 76.5 Å². The van der Waals surface area contributed by atoms with E-state index in [1.165, 1.54) is 7.05 Å². The van der Waals surface area contributed by atoms with E-state index < -0.39 is 34.8 Å². The van der Waals surface area contributed by atoms with Crippen molar-refractivity contribution in [2.45, 2.75) is 16.1 Å². The summed E-state index contributed by atoms with van der Waals surface area (Å²) in [4.78, 5) is 28.0. The van der Waals surface area contributed by atoms with Crippen LogP contribution in [0.15, 0.2) is 94.4 Å². The van der Waals surface area contributed by atoms with Crippen molar-refractivity contribution in [1.29, 1.82) is 0 Å². The molecular weight excluding hydrogens is 597 g/mol. The van der Waals surface area contributed by atoms with Crippen LogP contribution in [0.25, 0.3) is 6.08 Å². The highest BCUT2D eigenvalue weighted by Crippen LogP contribution is 2.40. The predicted octanol–water partition coefficient (Wildman–Crippen LogP) is 6.87. The number of aryl methyl sites for hydroxylation is 1. The fraction of sp³-hybridized carbons (Fsp3) is 0.0714. The number of benzene rings is 3. The van der Waals surface area contributed by atoms with Gasteiger partial charge < -0.3 is 4.74 Å². The van der Waals surface area contributed by atoms with Gasteiger partial charge in [0, 0.05) is 22.5 Å². The summed E-state index contributed by atoms with van der Waals surface area (Å²) < 4.78 is 48.9. The van der Waals surface area contributed by atoms with Gasteiger partial charge in [0.1, 0.15) is 22.1 Å². The molecule has 3 aromatic carbocycles. The Labute approximate surface area is 246 Å². The van der Waals surface area contributed by atoms with Gasteiger partial charge in [0.2, 0.25) is 0 Å². The molecule has 1 aromatic heterocycles. The van der Waals surface area contributed by atoms with E-state index in [0.29, 0.717) is 21.4 Å². The maximum absolute atomic E-state index is 14.0. The van der Waals surface area contributed by atoms with E-state index in [1.54, 1.807) is 60.7 Å². The lowest BCUT2D eigenvalue weighted by atomic mass is 10.1. The lowest BCUT2D eigenvalue weighted by Gasteiger charge is -2.29. The van der Waals surface area contributed by atoms with Crippen molar-refractivity contribution in [3.63, 3.8) is 0 Å². The second kappa shape index (κ2) is 11.4. The fourth-order valence-electron chi connectivity index (χ4n) is 3.92. The van der Waals surface area contributed by atoms with Gasteiger partial charge in [-0.2, -0.15) is 18.3 Å². The molecule has 2 amide bonds. The number of hydrogen-bond acceptors (Lipinski definition) is 6. The molecule has 0 unspecified atom stereocenters. The lowest BCUT2D eigenvalue weighted by Crippen LogP contribution is -2.54. The van der Waals surface area contributed by atoms with E-state index in [9.17, 15) is 22.8 Å². The van der Waals surface area contributed by atoms with E-state index in [2.05, 4.69) is 10.4 Å². The van der Waals surface area contributed by atoms with Crippen molar-refractivity contribution in [2.24, 2.45) is 7.05 Å². The van der Waals surface area contributed by atoms with Crippen molar-refractivity contribution in [2.75, 3.05) is 4.90 Å². The maximum atomic E-state index is 14.0. The highest BCUT2D eigenvalue weighted by atomic mass is 35.5. The number of ether oxygens (including phenoxy) is 1. The fourth-order valence-corrected chi connectivity index (χ4v) is 5.26. The summed E-state index contributed by atoms with van der Waals surface area (Å²) in [5.74, 6) is -0.745. The largest absolute Gasteiger partial charge is 0.457 e. The molecule has 7 nitrogen and oxygen atoms in total. The third-order valence-electron chi connectivity index (χ3n) is 5.79. The highest BCUT2D eigenvalue weighted by Gasteiger charge is 2.41. The van der Waals surface area contributed by atoms with Crippen molar-refractivity contribution in [3.05, 3.63) is 101 Å². The molecule has 41 heavy (non-hydrogen) atoms. The molecule has 0 saturated carbocycles. The number of rotatable bonds is 6. The van der Waals surface area contributed by atoms with E-state index >= 15 is 0 Å². The number of para-hydroxylation sites is 1. The first kappa shape index (κ1) is 28.4. The summed E-state index contributed by atoms with van der Waals surface area (Å²) in [6.07, 6.45) is -3.96. The Balaban J connectivity index is 1.51. The summed E-state index contributed by atoms with van der Waals surface area (Å²) in [7, 11) is 1.35. The molecule has 1 aliphatic rings. The molecule has 13 heteroatoms. The van der Waals surface area contributed by atoms with Crippen LogP contribution in [0.5, 0.6) is 11.5 Å². The number of carbonyl (C=O) groups is 2. The minimum atomic E-state index is -4.86. The van der Waals surface area contributed by atoms with Crippen molar-refractivity contribution < 1.29 is 27.5 Å². The van der Waals surface area contributed by atoms with Crippen LogP contribution in [0.4, 0.5) is 18.9 Å². The molecule has 5 rings (SSSR count). The molecule has 0 spiro atoms. The summed E-state index contributed by atoms with van der Waals surface area (Å²) >= 11 is 12.1. The number of halogens is 4. The Morgan fingerprint density at radius 3 is 2.24 bits per heavy atom. The van der Waals surface area contributed by atoms with Gasteiger partial charge >= 0.3 is 6.18 Å². The van der Waals surface area contributed by atoms with Crippen molar-refractivity contribution in [1.82, 2.24) is 15.1 Å². The molecule has 208 valence electrons. The zero-order chi connectivity index (χ0) is 29.3. The quantitative estimate of drug-likeness (QED) is 0.145. The average Bonchev–Trinajstić information content (AvgIpc) is 3.24. The average molecular weight is 615 g/mol. The first-order chi connectivity index (χ1) is 19.5. The number of anilines is 1. The Hall–Kier alpha value is -4.13. The van der Waals surface area contributed by atoms with E-state index in [-0.39, 0.29) is 15.8 Å². The van der Waals surface area contributed by atoms with Crippen LogP contribution < -0.4 is 15.0 Å². The number of nitrogens with one attached hydrogen (secondary N) is 1. The molecule has 1 fully saturated rings. The number of amides is 2. The number of aromatic nitrogens is 2. The first-order valence-corrected chi connectivity index (χ1v) is 13.4. The van der Waals surface area contributed by atoms with Crippen LogP contribution in [-0.2, 0) is 22.8 Å². The van der Waals surface area contributed by atoms with Gasteiger partial charge in [-0.1, -0.05) is 41.6 Å². The Morgan fingerprint density at radius 1 is 0.976 bits per heavy atom. The standard InChI is InChI=1S/C28H18ClF3N4O3S2/c1-35-26(41-20-13-7-16(29)8-14-20)21(23(34-35)28(30,31)32)15-22-24(37)33-27(40)36(25(22)38)17-9-11-19(12-10-17)39-18-5-3-2-4-6-18/h2-15H,1H3,(H,33,37,40). The molecule has 1 aliphatic heterocycles. The van der Waals surface area contributed by atoms with Gasteiger partial charge in [-0.25, -0.2) is 0 Å². The normalized spacial score (nSPS) is 14.9. The number of carbonyl (C=O) groups excluding carboxylic acids is 2. The Bertz CT molecular complexity index is 1670. The van der Waals surface area contributed by atoms with Crippen LogP contribution in [0, 0.1) is 0 Å². The SMILES string of the molecule is Cn1nc(C(F)(F)F)c(C=C2C(=O)NC(=S)N(c3ccc(Oc4ccccc4)cc3)C2=O)c1Sc1ccc(Cl)cc1. The molecule has 2 heterocycles. The first-order valence-electron chi connectivity index (χ1n) is 11.8. The maximum Gasteiger partial charge on any atom is 0.435 e. The summed E-state index contributed by atoms with van der Waals surface area (Å²) in [6.45, 7) is 0. The summed E-state index contributed by atoms with van der Waals surface area (Å²) in [5, 5.41) is 6.35. The van der Waals surface area contributed by atoms with E-state index in [0.717, 1.165) is 27.4 Å². The van der Waals surface area contributed by atoms with Gasteiger partial charge in [0.15, 0.2) is 10.8 Å². The predicted molar refractivity (Wildman–Crippen MR) is 153 cm³/mol. The third-order valence-corrected chi connectivity index (χ3v) is 7.51. The van der Waals surface area contributed by atoms with Gasteiger partial charge in [0.05, 0.1) is 5.69 Å². The van der Waals surface area contributed by atoms with Crippen LogP contribution in [0.1, 0.15) is 11.3 Å². The number of nitrogens with zero attached hydrogens (tertiary/aromatic N) is 3. The van der Waals surface area contributed by atoms with Crippen molar-refractivity contribution in [3.8, 4) is 11.5 Å². The van der Waals surface area contributed by atoms with Gasteiger partial charge in [-0.15, -0.1) is 0 Å². The second-order valence-corrected chi connectivity index (χ2v) is 10.5. The molecule has 0 bridgehead atoms. The molecule has 0 radical (unpaired) electrons. The van der Waals surface area contributed by atoms with Crippen LogP contribution in [-0.4, -0.2) is 26.7 Å². The molecule has 1 N–H and O–H groups in total. The summed E-state index contributed by atoms with van der Waals surface area (Å²) in [5.41, 5.74) is -1.94. The minimum absolute atomic E-state index is 0.0647.